The number of rotatable bonds is 0. The van der Waals surface area contributed by atoms with Gasteiger partial charge in [0, 0.05) is 0 Å². The third-order valence-corrected chi connectivity index (χ3v) is 13.4. The van der Waals surface area contributed by atoms with Crippen LogP contribution in [0.15, 0.2) is 0 Å². The summed E-state index contributed by atoms with van der Waals surface area (Å²) in [6.07, 6.45) is 16.7. The van der Waals surface area contributed by atoms with Crippen molar-refractivity contribution in [3.8, 4) is 0 Å². The standard InChI is InChI=1S/C29H50/c1-19-12-15-26(4)17-18-28(6)23(25(26)21(19)3)10-11-24-27(5)14-8-9-20(2)22(27)13-16-29(24,28)7/h19-25H,8-18H2,1-7H3/t19-,20?,21+,22?,23-,24-,25+,26-,27+,28-,29-/m1/s1. The van der Waals surface area contributed by atoms with Crippen LogP contribution in [0.4, 0.5) is 0 Å². The van der Waals surface area contributed by atoms with Gasteiger partial charge < -0.3 is 0 Å². The Kier molecular flexibility index (Phi) is 4.69. The first kappa shape index (κ1) is 20.9. The van der Waals surface area contributed by atoms with Gasteiger partial charge in [0.05, 0.1) is 0 Å². The Morgan fingerprint density at radius 2 is 1.34 bits per heavy atom. The normalized spacial score (nSPS) is 62.4. The minimum Gasteiger partial charge on any atom is -0.0622 e. The highest BCUT2D eigenvalue weighted by Gasteiger charge is 2.68. The molecule has 0 aromatic heterocycles. The van der Waals surface area contributed by atoms with Crippen LogP contribution < -0.4 is 0 Å². The summed E-state index contributed by atoms with van der Waals surface area (Å²) in [7, 11) is 0. The van der Waals surface area contributed by atoms with E-state index in [0.29, 0.717) is 21.7 Å². The molecule has 0 saturated heterocycles. The van der Waals surface area contributed by atoms with E-state index in [4.69, 9.17) is 0 Å². The molecule has 0 heteroatoms. The molecule has 11 atom stereocenters. The van der Waals surface area contributed by atoms with Crippen molar-refractivity contribution in [2.45, 2.75) is 119 Å². The highest BCUT2D eigenvalue weighted by molar-refractivity contribution is 5.17. The molecule has 0 spiro atoms. The Balaban J connectivity index is 1.54. The van der Waals surface area contributed by atoms with E-state index >= 15 is 0 Å². The second kappa shape index (κ2) is 6.51. The fourth-order valence-electron chi connectivity index (χ4n) is 11.4. The fraction of sp³-hybridized carbons (Fsp3) is 1.00. The van der Waals surface area contributed by atoms with E-state index in [-0.39, 0.29) is 0 Å². The van der Waals surface area contributed by atoms with Crippen LogP contribution in [0.2, 0.25) is 0 Å². The summed E-state index contributed by atoms with van der Waals surface area (Å²) in [5.41, 5.74) is 2.44. The van der Waals surface area contributed by atoms with E-state index in [1.54, 1.807) is 12.8 Å². The molecule has 0 bridgehead atoms. The maximum absolute atomic E-state index is 2.81. The van der Waals surface area contributed by atoms with Crippen molar-refractivity contribution in [3.63, 3.8) is 0 Å². The molecule has 29 heavy (non-hydrogen) atoms. The second-order valence-electron chi connectivity index (χ2n) is 14.1. The van der Waals surface area contributed by atoms with E-state index in [2.05, 4.69) is 48.5 Å². The average molecular weight is 399 g/mol. The molecule has 0 aliphatic heterocycles. The van der Waals surface area contributed by atoms with E-state index < -0.39 is 0 Å². The molecule has 0 radical (unpaired) electrons. The molecule has 0 heterocycles. The molecule has 0 N–H and O–H groups in total. The summed E-state index contributed by atoms with van der Waals surface area (Å²) in [5, 5.41) is 0. The summed E-state index contributed by atoms with van der Waals surface area (Å²) >= 11 is 0. The molecule has 5 rings (SSSR count). The first-order valence-electron chi connectivity index (χ1n) is 13.6. The van der Waals surface area contributed by atoms with Gasteiger partial charge in [-0.25, -0.2) is 0 Å². The van der Waals surface area contributed by atoms with Gasteiger partial charge in [0.2, 0.25) is 0 Å². The molecule has 0 aromatic rings. The van der Waals surface area contributed by atoms with Crippen LogP contribution in [-0.4, -0.2) is 0 Å². The topological polar surface area (TPSA) is 0 Å². The van der Waals surface area contributed by atoms with Crippen LogP contribution in [-0.2, 0) is 0 Å². The zero-order valence-electron chi connectivity index (χ0n) is 20.8. The van der Waals surface area contributed by atoms with Crippen molar-refractivity contribution in [2.24, 2.45) is 63.1 Å². The van der Waals surface area contributed by atoms with Crippen LogP contribution in [0.25, 0.3) is 0 Å². The average Bonchev–Trinajstić information content (AvgIpc) is 2.66. The maximum atomic E-state index is 2.81. The van der Waals surface area contributed by atoms with Crippen LogP contribution in [0.1, 0.15) is 119 Å². The highest BCUT2D eigenvalue weighted by atomic mass is 14.7. The lowest BCUT2D eigenvalue weighted by atomic mass is 9.32. The lowest BCUT2D eigenvalue weighted by Crippen LogP contribution is -2.65. The van der Waals surface area contributed by atoms with Crippen molar-refractivity contribution in [1.82, 2.24) is 0 Å². The summed E-state index contributed by atoms with van der Waals surface area (Å²) in [4.78, 5) is 0. The largest absolute Gasteiger partial charge is 0.0622 e. The zero-order valence-corrected chi connectivity index (χ0v) is 20.8. The van der Waals surface area contributed by atoms with Gasteiger partial charge in [-0.15, -0.1) is 0 Å². The Morgan fingerprint density at radius 1 is 0.586 bits per heavy atom. The SMILES string of the molecule is CC1CCC[C@@]2(C)C1CC[C@]1(C)[C@@H]2CC[C@@H]2[C@@H]3[C@@H](C)[C@H](C)CC[C@]3(C)CC[C@]21C. The molecule has 0 nitrogen and oxygen atoms in total. The van der Waals surface area contributed by atoms with Gasteiger partial charge >= 0.3 is 0 Å². The van der Waals surface area contributed by atoms with Gasteiger partial charge in [0.15, 0.2) is 0 Å². The Bertz CT molecular complexity index is 650. The first-order valence-corrected chi connectivity index (χ1v) is 13.6. The molecule has 0 aromatic carbocycles. The molecule has 5 aliphatic carbocycles. The highest BCUT2D eigenvalue weighted by Crippen LogP contribution is 2.76. The second-order valence-corrected chi connectivity index (χ2v) is 14.1. The van der Waals surface area contributed by atoms with Crippen LogP contribution in [0, 0.1) is 63.1 Å². The lowest BCUT2D eigenvalue weighted by molar-refractivity contribution is -0.240. The molecule has 166 valence electrons. The Hall–Kier alpha value is 0. The fourth-order valence-corrected chi connectivity index (χ4v) is 11.4. The molecule has 5 aliphatic rings. The number of hydrogen-bond donors (Lipinski definition) is 0. The van der Waals surface area contributed by atoms with Gasteiger partial charge in [-0.1, -0.05) is 61.3 Å². The first-order chi connectivity index (χ1) is 13.6. The van der Waals surface area contributed by atoms with Gasteiger partial charge in [-0.2, -0.15) is 0 Å². The van der Waals surface area contributed by atoms with Crippen molar-refractivity contribution in [2.75, 3.05) is 0 Å². The van der Waals surface area contributed by atoms with E-state index in [1.807, 2.05) is 0 Å². The summed E-state index contributed by atoms with van der Waals surface area (Å²) < 4.78 is 0. The van der Waals surface area contributed by atoms with Crippen LogP contribution >= 0.6 is 0 Å². The third kappa shape index (κ3) is 2.56. The molecule has 5 saturated carbocycles. The smallest absolute Gasteiger partial charge is 0.0235 e. The maximum Gasteiger partial charge on any atom is -0.0235 e. The minimum atomic E-state index is 0.583. The Labute approximate surface area is 182 Å². The van der Waals surface area contributed by atoms with Gasteiger partial charge in [0.25, 0.3) is 0 Å². The van der Waals surface area contributed by atoms with Gasteiger partial charge in [-0.3, -0.25) is 0 Å². The van der Waals surface area contributed by atoms with Crippen LogP contribution in [0.3, 0.4) is 0 Å². The third-order valence-electron chi connectivity index (χ3n) is 13.4. The van der Waals surface area contributed by atoms with Crippen molar-refractivity contribution >= 4 is 0 Å². The molecule has 2 unspecified atom stereocenters. The van der Waals surface area contributed by atoms with Crippen molar-refractivity contribution < 1.29 is 0 Å². The molecular formula is C29H50. The summed E-state index contributed by atoms with van der Waals surface area (Å²) in [6.45, 7) is 18.9. The quantitative estimate of drug-likeness (QED) is 0.382. The monoisotopic (exact) mass is 398 g/mol. The number of fused-ring (bicyclic) bond motifs is 7. The predicted octanol–water partition coefficient (Wildman–Crippen LogP) is 8.74. The van der Waals surface area contributed by atoms with E-state index in [9.17, 15) is 0 Å². The summed E-state index contributed by atoms with van der Waals surface area (Å²) in [5.74, 6) is 6.81. The molecule has 5 fully saturated rings. The number of hydrogen-bond acceptors (Lipinski definition) is 0. The van der Waals surface area contributed by atoms with Crippen molar-refractivity contribution in [1.29, 1.82) is 0 Å². The van der Waals surface area contributed by atoms with E-state index in [1.165, 1.54) is 57.8 Å². The van der Waals surface area contributed by atoms with Crippen molar-refractivity contribution in [3.05, 3.63) is 0 Å². The minimum absolute atomic E-state index is 0.583. The Morgan fingerprint density at radius 3 is 2.10 bits per heavy atom. The molecule has 0 amide bonds. The molecular weight excluding hydrogens is 348 g/mol. The lowest BCUT2D eigenvalue weighted by Gasteiger charge is -2.73. The van der Waals surface area contributed by atoms with E-state index in [0.717, 1.165) is 41.4 Å². The van der Waals surface area contributed by atoms with Gasteiger partial charge in [-0.05, 0) is 121 Å². The van der Waals surface area contributed by atoms with Crippen LogP contribution in [0.5, 0.6) is 0 Å². The zero-order chi connectivity index (χ0) is 20.8. The summed E-state index contributed by atoms with van der Waals surface area (Å²) in [6, 6.07) is 0. The van der Waals surface area contributed by atoms with Gasteiger partial charge in [0.1, 0.15) is 0 Å². The predicted molar refractivity (Wildman–Crippen MR) is 125 cm³/mol.